The van der Waals surface area contributed by atoms with Crippen molar-refractivity contribution >= 4 is 76.2 Å². The van der Waals surface area contributed by atoms with Gasteiger partial charge in [0.15, 0.2) is 0 Å². The van der Waals surface area contributed by atoms with E-state index in [4.69, 9.17) is 8.83 Å². The summed E-state index contributed by atoms with van der Waals surface area (Å²) in [7, 11) is 0. The average molecular weight is 637 g/mol. The molecule has 0 aliphatic heterocycles. The van der Waals surface area contributed by atoms with E-state index >= 15 is 0 Å². The minimum atomic E-state index is 0.905. The van der Waals surface area contributed by atoms with Gasteiger partial charge in [0, 0.05) is 27.1 Å². The van der Waals surface area contributed by atoms with Crippen LogP contribution in [0.25, 0.3) is 110 Å². The van der Waals surface area contributed by atoms with E-state index in [1.807, 2.05) is 12.1 Å². The molecule has 0 unspecified atom stereocenters. The van der Waals surface area contributed by atoms with Crippen LogP contribution in [0.1, 0.15) is 0 Å². The Morgan fingerprint density at radius 2 is 0.800 bits per heavy atom. The Kier molecular flexibility index (Phi) is 5.70. The van der Waals surface area contributed by atoms with Gasteiger partial charge < -0.3 is 8.83 Å². The molecule has 0 atom stereocenters. The van der Waals surface area contributed by atoms with Gasteiger partial charge in [-0.3, -0.25) is 0 Å². The lowest BCUT2D eigenvalue weighted by atomic mass is 9.85. The molecule has 2 heterocycles. The van der Waals surface area contributed by atoms with Crippen LogP contribution in [-0.2, 0) is 0 Å². The second kappa shape index (κ2) is 10.4. The standard InChI is InChI=1S/C48H28O2/c1-2-11-32-28-45-42(26-31(32)10-1)41-27-33(24-25-44(41)49-45)47-38-15-5-3-13-36(38)46(37-14-4-6-16-39(37)47)30-22-20-29(21-23-30)34-17-9-18-40-35-12-7-8-19-43(35)50-48(34)40/h1-28H. The van der Waals surface area contributed by atoms with Gasteiger partial charge in [-0.05, 0) is 90.5 Å². The summed E-state index contributed by atoms with van der Waals surface area (Å²) >= 11 is 0. The molecule has 11 aromatic rings. The topological polar surface area (TPSA) is 26.3 Å². The molecule has 50 heavy (non-hydrogen) atoms. The smallest absolute Gasteiger partial charge is 0.143 e. The summed E-state index contributed by atoms with van der Waals surface area (Å²) in [5.74, 6) is 0. The van der Waals surface area contributed by atoms with E-state index in [-0.39, 0.29) is 0 Å². The van der Waals surface area contributed by atoms with Crippen LogP contribution in [0.3, 0.4) is 0 Å². The van der Waals surface area contributed by atoms with Crippen molar-refractivity contribution in [2.75, 3.05) is 0 Å². The van der Waals surface area contributed by atoms with Crippen molar-refractivity contribution in [1.82, 2.24) is 0 Å². The van der Waals surface area contributed by atoms with Gasteiger partial charge in [0.1, 0.15) is 22.3 Å². The minimum Gasteiger partial charge on any atom is -0.456 e. The molecule has 11 rings (SSSR count). The summed E-state index contributed by atoms with van der Waals surface area (Å²) in [6, 6.07) is 60.9. The number of para-hydroxylation sites is 2. The molecule has 0 aliphatic rings. The molecule has 0 amide bonds. The first-order valence-corrected chi connectivity index (χ1v) is 17.1. The monoisotopic (exact) mass is 636 g/mol. The molecule has 0 bridgehead atoms. The second-order valence-electron chi connectivity index (χ2n) is 13.2. The predicted molar refractivity (Wildman–Crippen MR) is 210 cm³/mol. The Morgan fingerprint density at radius 3 is 1.52 bits per heavy atom. The number of hydrogen-bond acceptors (Lipinski definition) is 2. The molecule has 0 spiro atoms. The average Bonchev–Trinajstić information content (AvgIpc) is 3.73. The molecule has 0 fully saturated rings. The third-order valence-corrected chi connectivity index (χ3v) is 10.4. The van der Waals surface area contributed by atoms with E-state index in [0.717, 1.165) is 55.0 Å². The van der Waals surface area contributed by atoms with Crippen LogP contribution in [-0.4, -0.2) is 0 Å². The van der Waals surface area contributed by atoms with E-state index in [9.17, 15) is 0 Å². The summed E-state index contributed by atoms with van der Waals surface area (Å²) in [5, 5.41) is 11.9. The fourth-order valence-electron chi connectivity index (χ4n) is 8.16. The Labute approximate surface area is 287 Å². The SMILES string of the molecule is c1ccc2cc3c(cc2c1)oc1ccc(-c2c4ccccc4c(-c4ccc(-c5cccc6c5oc5ccccc56)cc4)c4ccccc24)cc13. The zero-order valence-electron chi connectivity index (χ0n) is 27.0. The van der Waals surface area contributed by atoms with Gasteiger partial charge in [0.25, 0.3) is 0 Å². The van der Waals surface area contributed by atoms with Crippen LogP contribution in [0.2, 0.25) is 0 Å². The predicted octanol–water partition coefficient (Wildman–Crippen LogP) is 13.9. The summed E-state index contributed by atoms with van der Waals surface area (Å²) in [5.41, 5.74) is 10.8. The third-order valence-electron chi connectivity index (χ3n) is 10.4. The van der Waals surface area contributed by atoms with Crippen molar-refractivity contribution in [2.45, 2.75) is 0 Å². The van der Waals surface area contributed by atoms with Crippen LogP contribution in [0.15, 0.2) is 179 Å². The van der Waals surface area contributed by atoms with E-state index in [1.165, 1.54) is 54.6 Å². The lowest BCUT2D eigenvalue weighted by Gasteiger charge is -2.18. The van der Waals surface area contributed by atoms with Crippen molar-refractivity contribution < 1.29 is 8.83 Å². The molecule has 0 aliphatic carbocycles. The van der Waals surface area contributed by atoms with Crippen LogP contribution in [0.5, 0.6) is 0 Å². The first-order chi connectivity index (χ1) is 24.8. The van der Waals surface area contributed by atoms with Crippen LogP contribution in [0.4, 0.5) is 0 Å². The molecule has 9 aromatic carbocycles. The number of rotatable bonds is 3. The highest BCUT2D eigenvalue weighted by Crippen LogP contribution is 2.45. The molecular weight excluding hydrogens is 609 g/mol. The summed E-state index contributed by atoms with van der Waals surface area (Å²) in [6.07, 6.45) is 0. The van der Waals surface area contributed by atoms with Crippen LogP contribution < -0.4 is 0 Å². The number of hydrogen-bond donors (Lipinski definition) is 0. The van der Waals surface area contributed by atoms with E-state index in [1.54, 1.807) is 0 Å². The quantitative estimate of drug-likeness (QED) is 0.180. The van der Waals surface area contributed by atoms with Gasteiger partial charge in [-0.15, -0.1) is 0 Å². The largest absolute Gasteiger partial charge is 0.456 e. The number of fused-ring (bicyclic) bond motifs is 9. The summed E-state index contributed by atoms with van der Waals surface area (Å²) in [6.45, 7) is 0. The van der Waals surface area contributed by atoms with Gasteiger partial charge in [0.05, 0.1) is 0 Å². The molecule has 2 heteroatoms. The second-order valence-corrected chi connectivity index (χ2v) is 13.2. The molecule has 2 nitrogen and oxygen atoms in total. The minimum absolute atomic E-state index is 0.905. The van der Waals surface area contributed by atoms with Gasteiger partial charge in [0.2, 0.25) is 0 Å². The van der Waals surface area contributed by atoms with Crippen LogP contribution >= 0.6 is 0 Å². The first kappa shape index (κ1) is 27.3. The van der Waals surface area contributed by atoms with E-state index < -0.39 is 0 Å². The normalized spacial score (nSPS) is 12.0. The van der Waals surface area contributed by atoms with E-state index in [0.29, 0.717) is 0 Å². The molecule has 2 aromatic heterocycles. The zero-order chi connectivity index (χ0) is 32.8. The maximum absolute atomic E-state index is 6.38. The van der Waals surface area contributed by atoms with Crippen molar-refractivity contribution in [3.8, 4) is 33.4 Å². The van der Waals surface area contributed by atoms with Crippen molar-refractivity contribution in [3.63, 3.8) is 0 Å². The molecule has 232 valence electrons. The zero-order valence-corrected chi connectivity index (χ0v) is 27.0. The Morgan fingerprint density at radius 1 is 0.280 bits per heavy atom. The Hall–Kier alpha value is -6.64. The summed E-state index contributed by atoms with van der Waals surface area (Å²) in [4.78, 5) is 0. The fraction of sp³-hybridized carbons (Fsp3) is 0. The molecule has 0 radical (unpaired) electrons. The Balaban J connectivity index is 1.10. The van der Waals surface area contributed by atoms with Gasteiger partial charge in [-0.25, -0.2) is 0 Å². The molecule has 0 saturated carbocycles. The summed E-state index contributed by atoms with van der Waals surface area (Å²) < 4.78 is 12.8. The first-order valence-electron chi connectivity index (χ1n) is 17.1. The number of benzene rings is 9. The van der Waals surface area contributed by atoms with Crippen LogP contribution in [0, 0.1) is 0 Å². The van der Waals surface area contributed by atoms with Crippen molar-refractivity contribution in [2.24, 2.45) is 0 Å². The van der Waals surface area contributed by atoms with E-state index in [2.05, 4.69) is 158 Å². The highest BCUT2D eigenvalue weighted by molar-refractivity contribution is 6.22. The Bertz CT molecular complexity index is 3080. The molecular formula is C48H28O2. The fourth-order valence-corrected chi connectivity index (χ4v) is 8.16. The number of furan rings is 2. The molecule has 0 N–H and O–H groups in total. The maximum Gasteiger partial charge on any atom is 0.143 e. The molecule has 0 saturated heterocycles. The highest BCUT2D eigenvalue weighted by Gasteiger charge is 2.19. The lowest BCUT2D eigenvalue weighted by molar-refractivity contribution is 0.669. The van der Waals surface area contributed by atoms with Crippen molar-refractivity contribution in [3.05, 3.63) is 170 Å². The van der Waals surface area contributed by atoms with Crippen molar-refractivity contribution in [1.29, 1.82) is 0 Å². The third kappa shape index (κ3) is 3.96. The van der Waals surface area contributed by atoms with Gasteiger partial charge in [-0.1, -0.05) is 140 Å². The highest BCUT2D eigenvalue weighted by atomic mass is 16.3. The van der Waals surface area contributed by atoms with Gasteiger partial charge >= 0.3 is 0 Å². The maximum atomic E-state index is 6.38. The lowest BCUT2D eigenvalue weighted by Crippen LogP contribution is -1.91. The van der Waals surface area contributed by atoms with Gasteiger partial charge in [-0.2, -0.15) is 0 Å².